The lowest BCUT2D eigenvalue weighted by Gasteiger charge is -2.14. The molecule has 9 heteroatoms. The number of amides is 2. The zero-order chi connectivity index (χ0) is 26.2. The van der Waals surface area contributed by atoms with Crippen molar-refractivity contribution in [1.29, 1.82) is 0 Å². The van der Waals surface area contributed by atoms with E-state index in [4.69, 9.17) is 23.2 Å². The van der Waals surface area contributed by atoms with Gasteiger partial charge >= 0.3 is 0 Å². The summed E-state index contributed by atoms with van der Waals surface area (Å²) in [6.07, 6.45) is 6.61. The number of nitrogens with one attached hydrogen (secondary N) is 2. The Morgan fingerprint density at radius 1 is 0.946 bits per heavy atom. The molecule has 188 valence electrons. The Kier molecular flexibility index (Phi) is 8.74. The van der Waals surface area contributed by atoms with E-state index in [1.54, 1.807) is 48.7 Å². The van der Waals surface area contributed by atoms with Crippen LogP contribution in [0.5, 0.6) is 0 Å². The molecule has 0 unspecified atom stereocenters. The molecule has 0 bridgehead atoms. The zero-order valence-corrected chi connectivity index (χ0v) is 21.2. The van der Waals surface area contributed by atoms with Gasteiger partial charge in [-0.2, -0.15) is 0 Å². The molecule has 3 N–H and O–H groups in total. The molecule has 0 saturated carbocycles. The van der Waals surface area contributed by atoms with Gasteiger partial charge in [0, 0.05) is 40.3 Å². The van der Waals surface area contributed by atoms with Gasteiger partial charge in [0.05, 0.1) is 36.1 Å². The lowest BCUT2D eigenvalue weighted by Crippen LogP contribution is -2.23. The van der Waals surface area contributed by atoms with Gasteiger partial charge in [0.25, 0.3) is 5.91 Å². The molecule has 37 heavy (non-hydrogen) atoms. The van der Waals surface area contributed by atoms with E-state index in [1.807, 2.05) is 41.1 Å². The number of benzene rings is 2. The molecular weight excluding hydrogens is 511 g/mol. The number of nitrogens with zero attached hydrogens (tertiary/aromatic N) is 2. The maximum atomic E-state index is 12.4. The van der Waals surface area contributed by atoms with Crippen molar-refractivity contribution >= 4 is 41.1 Å². The number of rotatable bonds is 9. The number of pyridine rings is 1. The predicted molar refractivity (Wildman–Crippen MR) is 144 cm³/mol. The molecule has 0 fully saturated rings. The maximum Gasteiger partial charge on any atom is 0.251 e. The lowest BCUT2D eigenvalue weighted by atomic mass is 10.1. The molecule has 0 atom stereocenters. The number of carbonyl (C=O) groups is 2. The normalized spacial score (nSPS) is 11.0. The van der Waals surface area contributed by atoms with Gasteiger partial charge in [0.1, 0.15) is 0 Å². The second-order valence-electron chi connectivity index (χ2n) is 8.06. The summed E-state index contributed by atoms with van der Waals surface area (Å²) in [5.41, 5.74) is 3.98. The Labute approximate surface area is 224 Å². The minimum atomic E-state index is -0.277. The first-order valence-corrected chi connectivity index (χ1v) is 12.2. The first-order valence-electron chi connectivity index (χ1n) is 11.4. The molecule has 0 aliphatic carbocycles. The average Bonchev–Trinajstić information content (AvgIpc) is 3.39. The fraction of sp³-hybridized carbons (Fsp3) is 0.107. The summed E-state index contributed by atoms with van der Waals surface area (Å²) in [5.74, 6) is -0.475. The number of hydrogen-bond acceptors (Lipinski definition) is 4. The number of aromatic nitrogens is 2. The zero-order valence-electron chi connectivity index (χ0n) is 19.7. The number of aliphatic hydroxyl groups is 1. The summed E-state index contributed by atoms with van der Waals surface area (Å²) >= 11 is 12.6. The highest BCUT2D eigenvalue weighted by molar-refractivity contribution is 6.37. The predicted octanol–water partition coefficient (Wildman–Crippen LogP) is 4.93. The molecule has 2 heterocycles. The van der Waals surface area contributed by atoms with E-state index in [0.717, 1.165) is 17.0 Å². The summed E-state index contributed by atoms with van der Waals surface area (Å²) in [5, 5.41) is 16.0. The minimum absolute atomic E-state index is 0.200. The van der Waals surface area contributed by atoms with E-state index in [-0.39, 0.29) is 25.0 Å². The van der Waals surface area contributed by atoms with Crippen molar-refractivity contribution in [2.75, 3.05) is 0 Å². The molecule has 0 aliphatic rings. The lowest BCUT2D eigenvalue weighted by molar-refractivity contribution is -0.116. The fourth-order valence-corrected chi connectivity index (χ4v) is 4.22. The molecule has 7 nitrogen and oxygen atoms in total. The standard InChI is InChI=1S/C28H24Cl2N4O3/c29-24-11-12-25(27(30)23(24)18-35)34-15-3-5-22(34)17-32-26(36)13-8-19-6-9-20(10-7-19)28(37)33-16-21-4-1-2-14-31-21/h1-15,35H,16-18H2,(H,32,36)(H,33,37)/b13-8+. The largest absolute Gasteiger partial charge is 0.392 e. The summed E-state index contributed by atoms with van der Waals surface area (Å²) < 4.78 is 1.83. The highest BCUT2D eigenvalue weighted by Crippen LogP contribution is 2.31. The summed E-state index contributed by atoms with van der Waals surface area (Å²) in [6.45, 7) is 0.330. The molecule has 0 spiro atoms. The van der Waals surface area contributed by atoms with Crippen LogP contribution in [0.15, 0.2) is 85.2 Å². The molecule has 2 aromatic carbocycles. The summed E-state index contributed by atoms with van der Waals surface area (Å²) in [4.78, 5) is 28.9. The van der Waals surface area contributed by atoms with E-state index in [2.05, 4.69) is 15.6 Å². The fourth-order valence-electron chi connectivity index (χ4n) is 3.64. The number of aliphatic hydroxyl groups excluding tert-OH is 1. The maximum absolute atomic E-state index is 12.4. The van der Waals surface area contributed by atoms with Gasteiger partial charge in [-0.05, 0) is 60.2 Å². The molecule has 2 amide bonds. The van der Waals surface area contributed by atoms with Crippen LogP contribution in [0.1, 0.15) is 32.9 Å². The summed E-state index contributed by atoms with van der Waals surface area (Å²) in [7, 11) is 0. The Morgan fingerprint density at radius 2 is 1.76 bits per heavy atom. The molecular formula is C28H24Cl2N4O3. The first-order chi connectivity index (χ1) is 18.0. The van der Waals surface area contributed by atoms with Crippen LogP contribution >= 0.6 is 23.2 Å². The van der Waals surface area contributed by atoms with Gasteiger partial charge in [-0.25, -0.2) is 0 Å². The Bertz CT molecular complexity index is 1420. The van der Waals surface area contributed by atoms with E-state index < -0.39 is 0 Å². The second kappa shape index (κ2) is 12.4. The van der Waals surface area contributed by atoms with Gasteiger partial charge in [0.15, 0.2) is 0 Å². The Hall–Kier alpha value is -3.91. The minimum Gasteiger partial charge on any atom is -0.392 e. The number of carbonyl (C=O) groups excluding carboxylic acids is 2. The van der Waals surface area contributed by atoms with E-state index >= 15 is 0 Å². The van der Waals surface area contributed by atoms with Crippen LogP contribution in [0.3, 0.4) is 0 Å². The average molecular weight is 535 g/mol. The van der Waals surface area contributed by atoms with Crippen molar-refractivity contribution in [1.82, 2.24) is 20.2 Å². The molecule has 0 radical (unpaired) electrons. The molecule has 0 saturated heterocycles. The van der Waals surface area contributed by atoms with Crippen molar-refractivity contribution in [2.45, 2.75) is 19.7 Å². The topological polar surface area (TPSA) is 96.3 Å². The molecule has 4 rings (SSSR count). The van der Waals surface area contributed by atoms with E-state index in [1.165, 1.54) is 6.08 Å². The van der Waals surface area contributed by atoms with Crippen LogP contribution in [0.4, 0.5) is 0 Å². The van der Waals surface area contributed by atoms with Crippen molar-refractivity contribution in [3.8, 4) is 5.69 Å². The highest BCUT2D eigenvalue weighted by atomic mass is 35.5. The molecule has 4 aromatic rings. The van der Waals surface area contributed by atoms with Crippen LogP contribution in [0.25, 0.3) is 11.8 Å². The Morgan fingerprint density at radius 3 is 2.49 bits per heavy atom. The van der Waals surface area contributed by atoms with E-state index in [0.29, 0.717) is 33.4 Å². The van der Waals surface area contributed by atoms with Crippen LogP contribution < -0.4 is 10.6 Å². The van der Waals surface area contributed by atoms with Gasteiger partial charge in [-0.3, -0.25) is 14.6 Å². The van der Waals surface area contributed by atoms with Crippen molar-refractivity contribution in [3.05, 3.63) is 123 Å². The van der Waals surface area contributed by atoms with Crippen molar-refractivity contribution in [2.24, 2.45) is 0 Å². The number of halogens is 2. The quantitative estimate of drug-likeness (QED) is 0.265. The Balaban J connectivity index is 1.33. The first kappa shape index (κ1) is 26.2. The third-order valence-electron chi connectivity index (χ3n) is 5.62. The van der Waals surface area contributed by atoms with Crippen LogP contribution in [0, 0.1) is 0 Å². The van der Waals surface area contributed by atoms with Crippen molar-refractivity contribution < 1.29 is 14.7 Å². The van der Waals surface area contributed by atoms with Gasteiger partial charge in [0.2, 0.25) is 5.91 Å². The van der Waals surface area contributed by atoms with Crippen LogP contribution in [-0.4, -0.2) is 26.5 Å². The molecule has 0 aliphatic heterocycles. The van der Waals surface area contributed by atoms with Gasteiger partial charge < -0.3 is 20.3 Å². The van der Waals surface area contributed by atoms with Crippen molar-refractivity contribution in [3.63, 3.8) is 0 Å². The van der Waals surface area contributed by atoms with Gasteiger partial charge in [-0.1, -0.05) is 41.4 Å². The van der Waals surface area contributed by atoms with Crippen LogP contribution in [0.2, 0.25) is 10.0 Å². The SMILES string of the molecule is O=C(/C=C/c1ccc(C(=O)NCc2ccccn2)cc1)NCc1cccn1-c1ccc(Cl)c(CO)c1Cl. The third-order valence-corrected chi connectivity index (χ3v) is 6.39. The monoisotopic (exact) mass is 534 g/mol. The van der Waals surface area contributed by atoms with Gasteiger partial charge in [-0.15, -0.1) is 0 Å². The molecule has 2 aromatic heterocycles. The third kappa shape index (κ3) is 6.65. The smallest absolute Gasteiger partial charge is 0.251 e. The summed E-state index contributed by atoms with van der Waals surface area (Å²) in [6, 6.07) is 19.6. The second-order valence-corrected chi connectivity index (χ2v) is 8.85. The highest BCUT2D eigenvalue weighted by Gasteiger charge is 2.13. The van der Waals surface area contributed by atoms with Crippen LogP contribution in [-0.2, 0) is 24.5 Å². The van der Waals surface area contributed by atoms with E-state index in [9.17, 15) is 14.7 Å². The number of hydrogen-bond donors (Lipinski definition) is 3.